The number of benzene rings is 1. The minimum absolute atomic E-state index is 0.556. The highest BCUT2D eigenvalue weighted by Gasteiger charge is 1.87. The molecule has 0 aliphatic rings. The molecule has 0 unspecified atom stereocenters. The van der Waals surface area contributed by atoms with Crippen molar-refractivity contribution in [1.82, 2.24) is 0 Å². The van der Waals surface area contributed by atoms with Crippen LogP contribution < -0.4 is 5.73 Å². The van der Waals surface area contributed by atoms with Gasteiger partial charge < -0.3 is 5.73 Å². The largest absolute Gasteiger partial charge is 0.327 e. The summed E-state index contributed by atoms with van der Waals surface area (Å²) in [4.78, 5) is 0. The molecule has 0 aliphatic carbocycles. The molecular weight excluding hydrogens is 146 g/mol. The third-order valence-corrected chi connectivity index (χ3v) is 1.50. The first kappa shape index (κ1) is 8.58. The van der Waals surface area contributed by atoms with Gasteiger partial charge in [-0.05, 0) is 17.7 Å². The lowest BCUT2D eigenvalue weighted by atomic mass is 10.1. The van der Waals surface area contributed by atoms with Crippen molar-refractivity contribution in [2.45, 2.75) is 0 Å². The summed E-state index contributed by atoms with van der Waals surface area (Å²) in [5.41, 5.74) is 7.31. The summed E-state index contributed by atoms with van der Waals surface area (Å²) in [6.45, 7) is 0.556. The molecule has 0 spiro atoms. The van der Waals surface area contributed by atoms with Crippen LogP contribution in [0.5, 0.6) is 0 Å². The van der Waals surface area contributed by atoms with Crippen LogP contribution in [-0.2, 0) is 0 Å². The van der Waals surface area contributed by atoms with E-state index in [4.69, 9.17) is 12.2 Å². The number of terminal acetylenes is 1. The smallest absolute Gasteiger partial charge is 0.0248 e. The van der Waals surface area contributed by atoms with Crippen LogP contribution in [-0.4, -0.2) is 6.54 Å². The van der Waals surface area contributed by atoms with Crippen LogP contribution >= 0.6 is 0 Å². The van der Waals surface area contributed by atoms with Gasteiger partial charge in [0.05, 0.1) is 0 Å². The van der Waals surface area contributed by atoms with Gasteiger partial charge in [0, 0.05) is 12.1 Å². The van der Waals surface area contributed by atoms with Crippen molar-refractivity contribution < 1.29 is 0 Å². The number of rotatable bonds is 2. The summed E-state index contributed by atoms with van der Waals surface area (Å²) >= 11 is 0. The van der Waals surface area contributed by atoms with Gasteiger partial charge in [0.2, 0.25) is 0 Å². The Labute approximate surface area is 72.9 Å². The Morgan fingerprint density at radius 3 is 3.00 bits per heavy atom. The van der Waals surface area contributed by atoms with Gasteiger partial charge in [0.15, 0.2) is 0 Å². The van der Waals surface area contributed by atoms with Crippen LogP contribution in [0.2, 0.25) is 0 Å². The van der Waals surface area contributed by atoms with Crippen LogP contribution in [0.4, 0.5) is 0 Å². The molecule has 0 aromatic heterocycles. The van der Waals surface area contributed by atoms with E-state index in [0.717, 1.165) is 11.1 Å². The lowest BCUT2D eigenvalue weighted by molar-refractivity contribution is 1.26. The van der Waals surface area contributed by atoms with Crippen LogP contribution in [0.15, 0.2) is 30.3 Å². The molecule has 1 heteroatoms. The third-order valence-electron chi connectivity index (χ3n) is 1.50. The van der Waals surface area contributed by atoms with E-state index in [1.54, 1.807) is 0 Å². The standard InChI is InChI=1S/C11H11N/c1-2-10-5-3-6-11(9-10)7-4-8-12/h1,3-7,9H,8,12H2. The quantitative estimate of drug-likeness (QED) is 0.649. The fourth-order valence-corrected chi connectivity index (χ4v) is 0.936. The number of hydrogen-bond donors (Lipinski definition) is 1. The first-order valence-corrected chi connectivity index (χ1v) is 3.80. The monoisotopic (exact) mass is 157 g/mol. The first-order valence-electron chi connectivity index (χ1n) is 3.80. The van der Waals surface area contributed by atoms with Crippen molar-refractivity contribution in [3.8, 4) is 12.3 Å². The van der Waals surface area contributed by atoms with Crippen LogP contribution in [0.3, 0.4) is 0 Å². The Hall–Kier alpha value is -1.52. The molecule has 0 saturated heterocycles. The van der Waals surface area contributed by atoms with E-state index < -0.39 is 0 Å². The Bertz CT molecular complexity index is 318. The van der Waals surface area contributed by atoms with E-state index in [2.05, 4.69) is 5.92 Å². The Morgan fingerprint density at radius 1 is 1.50 bits per heavy atom. The molecule has 0 saturated carbocycles. The lowest BCUT2D eigenvalue weighted by Gasteiger charge is -1.93. The summed E-state index contributed by atoms with van der Waals surface area (Å²) < 4.78 is 0. The Kier molecular flexibility index (Phi) is 3.13. The second kappa shape index (κ2) is 4.38. The maximum absolute atomic E-state index is 5.32. The van der Waals surface area contributed by atoms with Crippen LogP contribution in [0, 0.1) is 12.3 Å². The Balaban J connectivity index is 2.88. The second-order valence-corrected chi connectivity index (χ2v) is 2.41. The van der Waals surface area contributed by atoms with Gasteiger partial charge in [0.1, 0.15) is 0 Å². The third kappa shape index (κ3) is 2.26. The predicted octanol–water partition coefficient (Wildman–Crippen LogP) is 1.64. The minimum Gasteiger partial charge on any atom is -0.327 e. The van der Waals surface area contributed by atoms with E-state index in [0.29, 0.717) is 6.54 Å². The van der Waals surface area contributed by atoms with E-state index in [-0.39, 0.29) is 0 Å². The van der Waals surface area contributed by atoms with E-state index in [1.807, 2.05) is 36.4 Å². The predicted molar refractivity (Wildman–Crippen MR) is 52.5 cm³/mol. The normalized spacial score (nSPS) is 10.0. The van der Waals surface area contributed by atoms with Gasteiger partial charge in [0.25, 0.3) is 0 Å². The molecule has 0 amide bonds. The van der Waals surface area contributed by atoms with E-state index in [9.17, 15) is 0 Å². The SMILES string of the molecule is C#Cc1cccc(C=CCN)c1. The van der Waals surface area contributed by atoms with Crippen molar-refractivity contribution in [3.05, 3.63) is 41.5 Å². The average Bonchev–Trinajstić information content (AvgIpc) is 2.15. The molecule has 1 aromatic rings. The molecule has 1 aromatic carbocycles. The zero-order valence-corrected chi connectivity index (χ0v) is 6.83. The molecule has 12 heavy (non-hydrogen) atoms. The van der Waals surface area contributed by atoms with Crippen LogP contribution in [0.25, 0.3) is 6.08 Å². The molecule has 0 fully saturated rings. The molecule has 0 aliphatic heterocycles. The molecular formula is C11H11N. The molecule has 0 heterocycles. The summed E-state index contributed by atoms with van der Waals surface area (Å²) in [6.07, 6.45) is 9.11. The van der Waals surface area contributed by atoms with Crippen molar-refractivity contribution >= 4 is 6.08 Å². The van der Waals surface area contributed by atoms with Gasteiger partial charge in [-0.15, -0.1) is 6.42 Å². The van der Waals surface area contributed by atoms with Crippen molar-refractivity contribution in [2.75, 3.05) is 6.54 Å². The van der Waals surface area contributed by atoms with Crippen LogP contribution in [0.1, 0.15) is 11.1 Å². The Morgan fingerprint density at radius 2 is 2.33 bits per heavy atom. The topological polar surface area (TPSA) is 26.0 Å². The number of hydrogen-bond acceptors (Lipinski definition) is 1. The highest BCUT2D eigenvalue weighted by atomic mass is 14.5. The molecule has 0 radical (unpaired) electrons. The van der Waals surface area contributed by atoms with Gasteiger partial charge >= 0.3 is 0 Å². The molecule has 2 N–H and O–H groups in total. The summed E-state index contributed by atoms with van der Waals surface area (Å²) in [7, 11) is 0. The maximum Gasteiger partial charge on any atom is 0.0248 e. The first-order chi connectivity index (χ1) is 5.86. The molecule has 1 rings (SSSR count). The molecule has 0 atom stereocenters. The van der Waals surface area contributed by atoms with Gasteiger partial charge in [-0.25, -0.2) is 0 Å². The van der Waals surface area contributed by atoms with Crippen molar-refractivity contribution in [3.63, 3.8) is 0 Å². The summed E-state index contributed by atoms with van der Waals surface area (Å²) in [5, 5.41) is 0. The van der Waals surface area contributed by atoms with E-state index >= 15 is 0 Å². The van der Waals surface area contributed by atoms with Crippen molar-refractivity contribution in [2.24, 2.45) is 5.73 Å². The highest BCUT2D eigenvalue weighted by molar-refractivity contribution is 5.52. The summed E-state index contributed by atoms with van der Waals surface area (Å²) in [5.74, 6) is 2.58. The van der Waals surface area contributed by atoms with Crippen molar-refractivity contribution in [1.29, 1.82) is 0 Å². The van der Waals surface area contributed by atoms with E-state index in [1.165, 1.54) is 0 Å². The van der Waals surface area contributed by atoms with Gasteiger partial charge in [-0.2, -0.15) is 0 Å². The fraction of sp³-hybridized carbons (Fsp3) is 0.0909. The highest BCUT2D eigenvalue weighted by Crippen LogP contribution is 2.05. The fourth-order valence-electron chi connectivity index (χ4n) is 0.936. The lowest BCUT2D eigenvalue weighted by Crippen LogP contribution is -1.91. The molecule has 1 nitrogen and oxygen atoms in total. The minimum atomic E-state index is 0.556. The van der Waals surface area contributed by atoms with Gasteiger partial charge in [-0.3, -0.25) is 0 Å². The second-order valence-electron chi connectivity index (χ2n) is 2.41. The number of nitrogens with two attached hydrogens (primary N) is 1. The zero-order chi connectivity index (χ0) is 8.81. The zero-order valence-electron chi connectivity index (χ0n) is 6.83. The molecule has 0 bridgehead atoms. The average molecular weight is 157 g/mol. The summed E-state index contributed by atoms with van der Waals surface area (Å²) in [6, 6.07) is 7.78. The van der Waals surface area contributed by atoms with Gasteiger partial charge in [-0.1, -0.05) is 30.2 Å². The maximum atomic E-state index is 5.32. The molecule has 60 valence electrons.